The van der Waals surface area contributed by atoms with E-state index >= 15 is 0 Å². The summed E-state index contributed by atoms with van der Waals surface area (Å²) in [6.07, 6.45) is 3.05. The van der Waals surface area contributed by atoms with Crippen LogP contribution in [-0.4, -0.2) is 84.6 Å². The Hall–Kier alpha value is -3.41. The zero-order valence-corrected chi connectivity index (χ0v) is 23.9. The van der Waals surface area contributed by atoms with Crippen molar-refractivity contribution in [2.45, 2.75) is 57.7 Å². The number of aryl methyl sites for hydroxylation is 1. The number of likely N-dealkylation sites (tertiary alicyclic amines) is 1. The maximum atomic E-state index is 13.5. The largest absolute Gasteiger partial charge is 0.465 e. The highest BCUT2D eigenvalue weighted by Crippen LogP contribution is 2.47. The number of piperidine rings is 1. The average Bonchev–Trinajstić information content (AvgIpc) is 3.61. The van der Waals surface area contributed by atoms with E-state index in [9.17, 15) is 24.6 Å². The maximum absolute atomic E-state index is 13.5. The van der Waals surface area contributed by atoms with Gasteiger partial charge in [-0.25, -0.2) is 9.78 Å². The molecule has 2 N–H and O–H groups in total. The molecule has 1 aromatic carbocycles. The van der Waals surface area contributed by atoms with Crippen LogP contribution in [0.25, 0.3) is 16.7 Å². The van der Waals surface area contributed by atoms with Crippen LogP contribution in [0.2, 0.25) is 5.15 Å². The van der Waals surface area contributed by atoms with Crippen molar-refractivity contribution < 1.29 is 24.5 Å². The number of hydrogen-bond donors (Lipinski definition) is 2. The molecule has 3 aliphatic rings. The van der Waals surface area contributed by atoms with Gasteiger partial charge in [0.1, 0.15) is 11.5 Å². The second-order valence-corrected chi connectivity index (χ2v) is 12.3. The van der Waals surface area contributed by atoms with Crippen molar-refractivity contribution in [2.75, 3.05) is 32.8 Å². The SMILES string of the molecule is Cc1cc(-n2c(Cl)cc3c(=O)n(CC4(O)CCN(C(=O)C5(C)CC5)CC4)cnc32)ccc1[C@H]1COCCN1C(=O)O. The van der Waals surface area contributed by atoms with Crippen molar-refractivity contribution in [1.82, 2.24) is 23.9 Å². The molecule has 3 fully saturated rings. The Morgan fingerprint density at radius 2 is 1.88 bits per heavy atom. The normalized spacial score (nSPS) is 21.7. The van der Waals surface area contributed by atoms with Crippen molar-refractivity contribution in [3.63, 3.8) is 0 Å². The zero-order chi connectivity index (χ0) is 29.1. The minimum absolute atomic E-state index is 0.0776. The number of aromatic nitrogens is 3. The first-order chi connectivity index (χ1) is 19.5. The van der Waals surface area contributed by atoms with E-state index in [-0.39, 0.29) is 30.0 Å². The van der Waals surface area contributed by atoms with Gasteiger partial charge in [-0.05, 0) is 61.9 Å². The third-order valence-electron chi connectivity index (χ3n) is 8.95. The van der Waals surface area contributed by atoms with Gasteiger partial charge in [0.2, 0.25) is 5.91 Å². The number of benzene rings is 1. The molecule has 1 atom stereocenters. The van der Waals surface area contributed by atoms with E-state index in [0.29, 0.717) is 61.0 Å². The van der Waals surface area contributed by atoms with Crippen molar-refractivity contribution in [3.8, 4) is 5.69 Å². The Balaban J connectivity index is 1.24. The van der Waals surface area contributed by atoms with Crippen molar-refractivity contribution >= 4 is 34.6 Å². The van der Waals surface area contributed by atoms with Gasteiger partial charge in [0, 0.05) is 30.7 Å². The molecule has 0 spiro atoms. The lowest BCUT2D eigenvalue weighted by Crippen LogP contribution is -2.51. The number of ether oxygens (including phenoxy) is 1. The van der Waals surface area contributed by atoms with E-state index in [2.05, 4.69) is 4.98 Å². The molecule has 6 rings (SSSR count). The Morgan fingerprint density at radius 3 is 2.54 bits per heavy atom. The van der Waals surface area contributed by atoms with Crippen molar-refractivity contribution in [2.24, 2.45) is 5.41 Å². The molecule has 2 aromatic heterocycles. The fourth-order valence-corrected chi connectivity index (χ4v) is 6.38. The van der Waals surface area contributed by atoms with Gasteiger partial charge in [-0.2, -0.15) is 0 Å². The molecule has 3 aromatic rings. The number of fused-ring (bicyclic) bond motifs is 1. The van der Waals surface area contributed by atoms with E-state index in [0.717, 1.165) is 24.0 Å². The van der Waals surface area contributed by atoms with E-state index in [1.165, 1.54) is 15.8 Å². The van der Waals surface area contributed by atoms with Crippen LogP contribution in [0.1, 0.15) is 49.8 Å². The standard InChI is InChI=1S/C29H34ClN5O6/c1-18-13-19(3-4-20(18)22-15-41-12-11-34(22)27(38)39)35-23(30)14-21-24(35)31-17-33(25(21)36)16-29(40)7-9-32(10-8-29)26(37)28(2)5-6-28/h3-4,13-14,17,22,40H,5-12,15-16H2,1-2H3,(H,38,39)/t22-/m1/s1. The lowest BCUT2D eigenvalue weighted by molar-refractivity contribution is -0.141. The highest BCUT2D eigenvalue weighted by molar-refractivity contribution is 6.31. The number of hydrogen-bond acceptors (Lipinski definition) is 6. The van der Waals surface area contributed by atoms with Crippen LogP contribution in [0.3, 0.4) is 0 Å². The topological polar surface area (TPSA) is 130 Å². The molecule has 0 bridgehead atoms. The lowest BCUT2D eigenvalue weighted by Gasteiger charge is -2.39. The highest BCUT2D eigenvalue weighted by Gasteiger charge is 2.48. The smallest absolute Gasteiger partial charge is 0.407 e. The highest BCUT2D eigenvalue weighted by atomic mass is 35.5. The Bertz CT molecular complexity index is 1590. The third-order valence-corrected chi connectivity index (χ3v) is 9.23. The first kappa shape index (κ1) is 27.7. The molecule has 12 heteroatoms. The summed E-state index contributed by atoms with van der Waals surface area (Å²) in [4.78, 5) is 45.7. The summed E-state index contributed by atoms with van der Waals surface area (Å²) >= 11 is 6.62. The van der Waals surface area contributed by atoms with Crippen LogP contribution in [0.5, 0.6) is 0 Å². The number of morpholine rings is 1. The van der Waals surface area contributed by atoms with E-state index in [4.69, 9.17) is 16.3 Å². The average molecular weight is 584 g/mol. The number of carbonyl (C=O) groups excluding carboxylic acids is 1. The van der Waals surface area contributed by atoms with E-state index in [1.807, 2.05) is 36.9 Å². The third kappa shape index (κ3) is 5.00. The molecule has 0 unspecified atom stereocenters. The Morgan fingerprint density at radius 1 is 1.15 bits per heavy atom. The molecule has 2 saturated heterocycles. The first-order valence-corrected chi connectivity index (χ1v) is 14.3. The summed E-state index contributed by atoms with van der Waals surface area (Å²) in [5.74, 6) is 0.158. The fourth-order valence-electron chi connectivity index (χ4n) is 6.09. The molecule has 1 saturated carbocycles. The number of nitrogens with zero attached hydrogens (tertiary/aromatic N) is 5. The monoisotopic (exact) mass is 583 g/mol. The van der Waals surface area contributed by atoms with Crippen LogP contribution in [0.4, 0.5) is 4.79 Å². The quantitative estimate of drug-likeness (QED) is 0.471. The Kier molecular flexibility index (Phi) is 6.87. The summed E-state index contributed by atoms with van der Waals surface area (Å²) < 4.78 is 8.66. The molecule has 0 radical (unpaired) electrons. The fraction of sp³-hybridized carbons (Fsp3) is 0.517. The van der Waals surface area contributed by atoms with Gasteiger partial charge < -0.3 is 19.8 Å². The number of halogens is 1. The van der Waals surface area contributed by atoms with Crippen LogP contribution in [-0.2, 0) is 16.1 Å². The van der Waals surface area contributed by atoms with Crippen molar-refractivity contribution in [3.05, 3.63) is 57.2 Å². The summed E-state index contributed by atoms with van der Waals surface area (Å²) in [6.45, 7) is 5.84. The summed E-state index contributed by atoms with van der Waals surface area (Å²) in [6, 6.07) is 6.75. The van der Waals surface area contributed by atoms with Gasteiger partial charge >= 0.3 is 6.09 Å². The van der Waals surface area contributed by atoms with Gasteiger partial charge in [0.05, 0.1) is 36.8 Å². The minimum atomic E-state index is -1.12. The van der Waals surface area contributed by atoms with Crippen LogP contribution >= 0.6 is 11.6 Å². The van der Waals surface area contributed by atoms with Gasteiger partial charge in [0.25, 0.3) is 5.56 Å². The van der Waals surface area contributed by atoms with E-state index < -0.39 is 17.7 Å². The minimum Gasteiger partial charge on any atom is -0.465 e. The zero-order valence-electron chi connectivity index (χ0n) is 23.2. The summed E-state index contributed by atoms with van der Waals surface area (Å²) in [7, 11) is 0. The number of aliphatic hydroxyl groups is 1. The van der Waals surface area contributed by atoms with Gasteiger partial charge in [-0.3, -0.25) is 23.6 Å². The summed E-state index contributed by atoms with van der Waals surface area (Å²) in [5, 5.41) is 21.6. The van der Waals surface area contributed by atoms with Gasteiger partial charge in [-0.1, -0.05) is 24.6 Å². The molecule has 2 aliphatic heterocycles. The number of rotatable bonds is 5. The summed E-state index contributed by atoms with van der Waals surface area (Å²) in [5.41, 5.74) is 1.11. The predicted molar refractivity (Wildman–Crippen MR) is 151 cm³/mol. The lowest BCUT2D eigenvalue weighted by atomic mass is 9.90. The molecular formula is C29H34ClN5O6. The maximum Gasteiger partial charge on any atom is 0.407 e. The second-order valence-electron chi connectivity index (χ2n) is 11.9. The Labute approximate surface area is 241 Å². The first-order valence-electron chi connectivity index (χ1n) is 14.0. The predicted octanol–water partition coefficient (Wildman–Crippen LogP) is 3.35. The molecule has 4 heterocycles. The molecule has 218 valence electrons. The van der Waals surface area contributed by atoms with Crippen molar-refractivity contribution in [1.29, 1.82) is 0 Å². The van der Waals surface area contributed by atoms with Crippen LogP contribution in [0.15, 0.2) is 35.4 Å². The number of carboxylic acid groups (broad SMARTS) is 1. The van der Waals surface area contributed by atoms with Crippen LogP contribution in [0, 0.1) is 12.3 Å². The van der Waals surface area contributed by atoms with Gasteiger partial charge in [0.15, 0.2) is 5.65 Å². The molecule has 1 aliphatic carbocycles. The molecular weight excluding hydrogens is 550 g/mol. The number of amides is 2. The van der Waals surface area contributed by atoms with E-state index in [1.54, 1.807) is 10.6 Å². The molecule has 2 amide bonds. The number of carbonyl (C=O) groups is 2. The second kappa shape index (κ2) is 10.1. The van der Waals surface area contributed by atoms with Crippen LogP contribution < -0.4 is 5.56 Å². The molecule has 11 nitrogen and oxygen atoms in total. The van der Waals surface area contributed by atoms with Gasteiger partial charge in [-0.15, -0.1) is 0 Å². The molecule has 41 heavy (non-hydrogen) atoms.